The maximum absolute atomic E-state index is 11.9. The zero-order valence-electron chi connectivity index (χ0n) is 21.1. The summed E-state index contributed by atoms with van der Waals surface area (Å²) in [5.41, 5.74) is 3.44. The van der Waals surface area contributed by atoms with Gasteiger partial charge in [-0.15, -0.1) is 0 Å². The molecule has 0 radical (unpaired) electrons. The second-order valence-corrected chi connectivity index (χ2v) is 10.4. The van der Waals surface area contributed by atoms with Crippen molar-refractivity contribution in [3.63, 3.8) is 0 Å². The fourth-order valence-corrected chi connectivity index (χ4v) is 6.31. The fourth-order valence-electron chi connectivity index (χ4n) is 6.31. The molecular formula is C31H32N2O4. The smallest absolute Gasteiger partial charge is 0.207 e. The molecule has 6 heteroatoms. The van der Waals surface area contributed by atoms with Crippen molar-refractivity contribution in [1.29, 1.82) is 0 Å². The first-order valence-corrected chi connectivity index (χ1v) is 13.3. The SMILES string of the molecule is CCCCn1cc([C@]2(c3ccccc3)C[C@@H](C[N+](=O)[O-])[C@H]3Cc4ccccc4O[C@H]3O2)c2ccccc21. The number of benzene rings is 3. The van der Waals surface area contributed by atoms with Crippen molar-refractivity contribution in [3.8, 4) is 5.75 Å². The van der Waals surface area contributed by atoms with Crippen LogP contribution in [0.4, 0.5) is 0 Å². The van der Waals surface area contributed by atoms with Crippen LogP contribution in [0, 0.1) is 22.0 Å². The van der Waals surface area contributed by atoms with Crippen molar-refractivity contribution in [1.82, 2.24) is 4.57 Å². The Bertz CT molecular complexity index is 1420. The van der Waals surface area contributed by atoms with Gasteiger partial charge in [0, 0.05) is 46.0 Å². The van der Waals surface area contributed by atoms with Gasteiger partial charge in [-0.05, 0) is 42.5 Å². The molecule has 0 N–H and O–H groups in total. The van der Waals surface area contributed by atoms with Crippen molar-refractivity contribution < 1.29 is 14.4 Å². The highest BCUT2D eigenvalue weighted by Crippen LogP contribution is 2.52. The highest BCUT2D eigenvalue weighted by Gasteiger charge is 2.53. The van der Waals surface area contributed by atoms with E-state index in [4.69, 9.17) is 9.47 Å². The number of para-hydroxylation sites is 2. The van der Waals surface area contributed by atoms with Gasteiger partial charge in [-0.25, -0.2) is 0 Å². The van der Waals surface area contributed by atoms with Crippen LogP contribution >= 0.6 is 0 Å². The van der Waals surface area contributed by atoms with E-state index in [2.05, 4.69) is 60.2 Å². The molecule has 1 saturated heterocycles. The first-order valence-electron chi connectivity index (χ1n) is 13.3. The standard InChI is InChI=1S/C31H32N2O4/c1-2-3-17-32-21-27(25-14-8-9-15-28(25)32)31(24-12-5-4-6-13-24)19-23(20-33(34)35)26-18-22-11-7-10-16-29(22)36-30(26)37-31/h4-16,21,23,26,30H,2-3,17-20H2,1H3/t23-,26+,30-,31+/m0/s1. The van der Waals surface area contributed by atoms with Crippen LogP contribution < -0.4 is 4.74 Å². The molecule has 1 fully saturated rings. The van der Waals surface area contributed by atoms with Gasteiger partial charge < -0.3 is 14.0 Å². The fraction of sp³-hybridized carbons (Fsp3) is 0.355. The molecule has 6 rings (SSSR count). The zero-order valence-corrected chi connectivity index (χ0v) is 21.1. The monoisotopic (exact) mass is 496 g/mol. The molecule has 2 aliphatic rings. The quantitative estimate of drug-likeness (QED) is 0.214. The molecule has 3 aromatic carbocycles. The Morgan fingerprint density at radius 3 is 2.59 bits per heavy atom. The minimum Gasteiger partial charge on any atom is -0.464 e. The normalized spacial score (nSPS) is 24.7. The summed E-state index contributed by atoms with van der Waals surface area (Å²) in [6.45, 7) is 3.00. The van der Waals surface area contributed by atoms with E-state index in [1.54, 1.807) is 0 Å². The molecule has 0 unspecified atom stereocenters. The number of unbranched alkanes of at least 4 members (excludes halogenated alkanes) is 1. The summed E-state index contributed by atoms with van der Waals surface area (Å²) in [6, 6.07) is 26.6. The van der Waals surface area contributed by atoms with E-state index in [9.17, 15) is 10.1 Å². The van der Waals surface area contributed by atoms with Gasteiger partial charge >= 0.3 is 0 Å². The number of fused-ring (bicyclic) bond motifs is 3. The molecule has 0 spiro atoms. The summed E-state index contributed by atoms with van der Waals surface area (Å²) in [5, 5.41) is 13.0. The number of hydrogen-bond donors (Lipinski definition) is 0. The molecule has 190 valence electrons. The van der Waals surface area contributed by atoms with E-state index >= 15 is 0 Å². The number of aryl methyl sites for hydroxylation is 1. The molecule has 0 amide bonds. The predicted molar refractivity (Wildman–Crippen MR) is 143 cm³/mol. The maximum Gasteiger partial charge on any atom is 0.207 e. The number of aromatic nitrogens is 1. The van der Waals surface area contributed by atoms with Crippen LogP contribution in [0.2, 0.25) is 0 Å². The minimum atomic E-state index is -0.869. The highest BCUT2D eigenvalue weighted by molar-refractivity contribution is 5.85. The van der Waals surface area contributed by atoms with E-state index in [0.717, 1.165) is 52.7 Å². The second-order valence-electron chi connectivity index (χ2n) is 10.4. The van der Waals surface area contributed by atoms with Gasteiger partial charge in [0.2, 0.25) is 12.8 Å². The second kappa shape index (κ2) is 9.67. The average Bonchev–Trinajstić information content (AvgIpc) is 3.30. The van der Waals surface area contributed by atoms with Crippen LogP contribution in [0.15, 0.2) is 85.1 Å². The maximum atomic E-state index is 11.9. The molecule has 2 aliphatic heterocycles. The number of nitrogens with zero attached hydrogens (tertiary/aromatic N) is 2. The molecule has 1 aromatic heterocycles. The summed E-state index contributed by atoms with van der Waals surface area (Å²) in [6.07, 6.45) is 5.05. The number of ether oxygens (including phenoxy) is 2. The summed E-state index contributed by atoms with van der Waals surface area (Å²) in [7, 11) is 0. The highest BCUT2D eigenvalue weighted by atomic mass is 16.7. The first-order chi connectivity index (χ1) is 18.1. The van der Waals surface area contributed by atoms with Crippen molar-refractivity contribution in [2.75, 3.05) is 6.54 Å². The third-order valence-electron chi connectivity index (χ3n) is 8.09. The van der Waals surface area contributed by atoms with Gasteiger partial charge in [0.15, 0.2) is 0 Å². The molecule has 37 heavy (non-hydrogen) atoms. The molecule has 3 heterocycles. The Morgan fingerprint density at radius 1 is 1.03 bits per heavy atom. The summed E-state index contributed by atoms with van der Waals surface area (Å²) in [5.74, 6) is 0.503. The summed E-state index contributed by atoms with van der Waals surface area (Å²) in [4.78, 5) is 11.8. The topological polar surface area (TPSA) is 66.5 Å². The van der Waals surface area contributed by atoms with Gasteiger partial charge in [0.1, 0.15) is 11.4 Å². The molecule has 0 bridgehead atoms. The predicted octanol–water partition coefficient (Wildman–Crippen LogP) is 6.58. The molecular weight excluding hydrogens is 464 g/mol. The van der Waals surface area contributed by atoms with Crippen LogP contribution in [0.3, 0.4) is 0 Å². The third-order valence-corrected chi connectivity index (χ3v) is 8.09. The largest absolute Gasteiger partial charge is 0.464 e. The van der Waals surface area contributed by atoms with Crippen LogP contribution in [-0.4, -0.2) is 22.3 Å². The van der Waals surface area contributed by atoms with E-state index in [0.29, 0.717) is 12.8 Å². The van der Waals surface area contributed by atoms with Gasteiger partial charge in [0.05, 0.1) is 0 Å². The van der Waals surface area contributed by atoms with Crippen LogP contribution in [0.5, 0.6) is 5.75 Å². The Labute approximate surface area is 217 Å². The van der Waals surface area contributed by atoms with Gasteiger partial charge in [-0.3, -0.25) is 10.1 Å². The lowest BCUT2D eigenvalue weighted by Gasteiger charge is -2.49. The Hall–Kier alpha value is -3.64. The van der Waals surface area contributed by atoms with E-state index in [-0.39, 0.29) is 23.3 Å². The average molecular weight is 497 g/mol. The molecule has 4 atom stereocenters. The Morgan fingerprint density at radius 2 is 1.78 bits per heavy atom. The first kappa shape index (κ1) is 23.7. The van der Waals surface area contributed by atoms with Crippen LogP contribution in [-0.2, 0) is 23.3 Å². The summed E-state index contributed by atoms with van der Waals surface area (Å²) >= 11 is 0. The van der Waals surface area contributed by atoms with Crippen LogP contribution in [0.1, 0.15) is 42.9 Å². The lowest BCUT2D eigenvalue weighted by Crippen LogP contribution is -2.53. The Kier molecular flexibility index (Phi) is 6.21. The van der Waals surface area contributed by atoms with Crippen molar-refractivity contribution in [2.24, 2.45) is 11.8 Å². The summed E-state index contributed by atoms with van der Waals surface area (Å²) < 4.78 is 15.9. The number of hydrogen-bond acceptors (Lipinski definition) is 4. The van der Waals surface area contributed by atoms with Crippen molar-refractivity contribution >= 4 is 10.9 Å². The molecule has 4 aromatic rings. The van der Waals surface area contributed by atoms with Gasteiger partial charge in [-0.2, -0.15) is 0 Å². The number of nitro groups is 1. The third kappa shape index (κ3) is 4.19. The lowest BCUT2D eigenvalue weighted by atomic mass is 9.70. The van der Waals surface area contributed by atoms with E-state index in [1.165, 1.54) is 0 Å². The zero-order chi connectivity index (χ0) is 25.4. The van der Waals surface area contributed by atoms with Crippen molar-refractivity contribution in [2.45, 2.75) is 51.0 Å². The van der Waals surface area contributed by atoms with Gasteiger partial charge in [-0.1, -0.05) is 80.1 Å². The van der Waals surface area contributed by atoms with Crippen molar-refractivity contribution in [3.05, 3.63) is 112 Å². The molecule has 6 nitrogen and oxygen atoms in total. The minimum absolute atomic E-state index is 0.0921. The van der Waals surface area contributed by atoms with E-state index in [1.807, 2.05) is 36.4 Å². The molecule has 0 aliphatic carbocycles. The van der Waals surface area contributed by atoms with E-state index < -0.39 is 11.9 Å². The Balaban J connectivity index is 1.54. The number of rotatable bonds is 7. The lowest BCUT2D eigenvalue weighted by molar-refractivity contribution is -0.495. The van der Waals surface area contributed by atoms with Crippen LogP contribution in [0.25, 0.3) is 10.9 Å². The molecule has 0 saturated carbocycles. The van der Waals surface area contributed by atoms with Gasteiger partial charge in [0.25, 0.3) is 0 Å².